The Labute approximate surface area is 78.0 Å². The summed E-state index contributed by atoms with van der Waals surface area (Å²) < 4.78 is 0.430. The molecule has 1 N–H and O–H groups in total. The number of hydrogen-bond acceptors (Lipinski definition) is 4. The summed E-state index contributed by atoms with van der Waals surface area (Å²) in [4.78, 5) is 23.6. The molecule has 1 rings (SSSR count). The van der Waals surface area contributed by atoms with Crippen LogP contribution in [0.2, 0.25) is 0 Å². The number of hydrogen-bond donors (Lipinski definition) is 1. The largest absolute Gasteiger partial charge is 0.427 e. The van der Waals surface area contributed by atoms with Crippen LogP contribution in [0.15, 0.2) is 23.3 Å². The maximum atomic E-state index is 10.6. The van der Waals surface area contributed by atoms with E-state index >= 15 is 0 Å². The molecular weight excluding hydrogens is 190 g/mol. The van der Waals surface area contributed by atoms with E-state index in [9.17, 15) is 14.9 Å². The molecule has 1 heterocycles. The van der Waals surface area contributed by atoms with Gasteiger partial charge in [-0.2, -0.15) is 9.72 Å². The van der Waals surface area contributed by atoms with E-state index in [0.717, 1.165) is 12.3 Å². The average Bonchev–Trinajstić information content (AvgIpc) is 2.07. The predicted molar refractivity (Wildman–Crippen MR) is 44.5 cm³/mol. The Morgan fingerprint density at radius 2 is 2.29 bits per heavy atom. The van der Waals surface area contributed by atoms with Crippen LogP contribution in [0.5, 0.6) is 0 Å². The zero-order chi connectivity index (χ0) is 10.7. The number of rotatable bonds is 1. The zero-order valence-electron chi connectivity index (χ0n) is 7.25. The van der Waals surface area contributed by atoms with Gasteiger partial charge in [-0.3, -0.25) is 14.9 Å². The fourth-order valence-corrected chi connectivity index (χ4v) is 0.829. The molecule has 1 amide bonds. The highest BCUT2D eigenvalue weighted by atomic mass is 16.6. The minimum Gasteiger partial charge on any atom is -0.427 e. The van der Waals surface area contributed by atoms with Crippen molar-refractivity contribution in [3.8, 4) is 0 Å². The van der Waals surface area contributed by atoms with E-state index in [4.69, 9.17) is 5.21 Å². The molecule has 0 radical (unpaired) electrons. The van der Waals surface area contributed by atoms with E-state index in [1.807, 2.05) is 0 Å². The molecule has 0 atom stereocenters. The monoisotopic (exact) mass is 197 g/mol. The molecule has 0 spiro atoms. The Kier molecular flexibility index (Phi) is 2.61. The molecule has 1 aromatic heterocycles. The number of aromatic nitrogens is 1. The third-order valence-corrected chi connectivity index (χ3v) is 1.38. The molecule has 1 aromatic rings. The molecule has 0 fully saturated rings. The standard InChI is InChI=1S/C7H7N3O4/c1-5(11)8-7-3-2-6(10(13)14)4-9(7)12/h2-4,12H,1H3. The molecule has 0 aliphatic carbocycles. The van der Waals surface area contributed by atoms with E-state index < -0.39 is 10.8 Å². The minimum atomic E-state index is -0.662. The lowest BCUT2D eigenvalue weighted by Crippen LogP contribution is -2.19. The summed E-state index contributed by atoms with van der Waals surface area (Å²) in [5.74, 6) is -0.498. The summed E-state index contributed by atoms with van der Waals surface area (Å²) in [6.07, 6.45) is 0.863. The van der Waals surface area contributed by atoms with Gasteiger partial charge in [0.1, 0.15) is 6.20 Å². The normalized spacial score (nSPS) is 11.4. The summed E-state index contributed by atoms with van der Waals surface area (Å²) in [7, 11) is 0. The summed E-state index contributed by atoms with van der Waals surface area (Å²) >= 11 is 0. The lowest BCUT2D eigenvalue weighted by atomic mass is 10.4. The third-order valence-electron chi connectivity index (χ3n) is 1.38. The lowest BCUT2D eigenvalue weighted by Gasteiger charge is -1.96. The summed E-state index contributed by atoms with van der Waals surface area (Å²) in [5, 5.41) is 19.4. The first kappa shape index (κ1) is 9.90. The first-order chi connectivity index (χ1) is 6.50. The fourth-order valence-electron chi connectivity index (χ4n) is 0.829. The number of nitro groups is 1. The smallest absolute Gasteiger partial charge is 0.289 e. The molecule has 7 nitrogen and oxygen atoms in total. The van der Waals surface area contributed by atoms with Gasteiger partial charge in [0.05, 0.1) is 4.92 Å². The van der Waals surface area contributed by atoms with Crippen molar-refractivity contribution in [3.05, 3.63) is 33.9 Å². The Hall–Kier alpha value is -2.18. The number of nitrogens with zero attached hydrogens (tertiary/aromatic N) is 3. The number of carbonyl (C=O) groups excluding carboxylic acids is 1. The molecule has 0 aromatic carbocycles. The van der Waals surface area contributed by atoms with Gasteiger partial charge in [-0.05, 0) is 6.07 Å². The molecule has 74 valence electrons. The van der Waals surface area contributed by atoms with Crippen LogP contribution in [0.25, 0.3) is 0 Å². The van der Waals surface area contributed by atoms with Gasteiger partial charge in [-0.25, -0.2) is 0 Å². The van der Waals surface area contributed by atoms with Crippen LogP contribution < -0.4 is 5.49 Å². The van der Waals surface area contributed by atoms with Crippen molar-refractivity contribution in [2.75, 3.05) is 0 Å². The van der Waals surface area contributed by atoms with Gasteiger partial charge in [0.25, 0.3) is 5.69 Å². The van der Waals surface area contributed by atoms with Crippen LogP contribution in [0, 0.1) is 10.1 Å². The van der Waals surface area contributed by atoms with E-state index in [0.29, 0.717) is 4.73 Å². The van der Waals surface area contributed by atoms with Crippen molar-refractivity contribution in [2.24, 2.45) is 4.99 Å². The molecule has 0 saturated heterocycles. The third kappa shape index (κ3) is 2.16. The highest BCUT2D eigenvalue weighted by Crippen LogP contribution is 2.04. The molecule has 0 aliphatic heterocycles. The van der Waals surface area contributed by atoms with Crippen molar-refractivity contribution < 1.29 is 14.9 Å². The Morgan fingerprint density at radius 3 is 2.71 bits per heavy atom. The van der Waals surface area contributed by atoms with Crippen molar-refractivity contribution >= 4 is 11.6 Å². The predicted octanol–water partition coefficient (Wildman–Crippen LogP) is 0.0808. The molecular formula is C7H7N3O4. The first-order valence-corrected chi connectivity index (χ1v) is 3.62. The van der Waals surface area contributed by atoms with E-state index in [1.165, 1.54) is 13.0 Å². The van der Waals surface area contributed by atoms with E-state index in [1.54, 1.807) is 0 Å². The van der Waals surface area contributed by atoms with Gasteiger partial charge in [-0.1, -0.05) is 0 Å². The summed E-state index contributed by atoms with van der Waals surface area (Å²) in [6.45, 7) is 1.21. The Morgan fingerprint density at radius 1 is 1.64 bits per heavy atom. The Balaban J connectivity index is 3.27. The van der Waals surface area contributed by atoms with Crippen LogP contribution in [0.4, 0.5) is 5.69 Å². The summed E-state index contributed by atoms with van der Waals surface area (Å²) in [5.41, 5.74) is -0.335. The van der Waals surface area contributed by atoms with Crippen LogP contribution in [-0.4, -0.2) is 20.8 Å². The van der Waals surface area contributed by atoms with Gasteiger partial charge >= 0.3 is 0 Å². The summed E-state index contributed by atoms with van der Waals surface area (Å²) in [6, 6.07) is 2.33. The van der Waals surface area contributed by atoms with Crippen LogP contribution in [-0.2, 0) is 4.79 Å². The molecule has 0 unspecified atom stereocenters. The maximum Gasteiger partial charge on any atom is 0.289 e. The second kappa shape index (κ2) is 3.69. The average molecular weight is 197 g/mol. The highest BCUT2D eigenvalue weighted by Gasteiger charge is 2.05. The van der Waals surface area contributed by atoms with Crippen molar-refractivity contribution in [1.82, 2.24) is 4.73 Å². The highest BCUT2D eigenvalue weighted by molar-refractivity contribution is 5.73. The van der Waals surface area contributed by atoms with Crippen LogP contribution in [0.1, 0.15) is 6.92 Å². The lowest BCUT2D eigenvalue weighted by molar-refractivity contribution is -0.385. The van der Waals surface area contributed by atoms with E-state index in [-0.39, 0.29) is 11.2 Å². The first-order valence-electron chi connectivity index (χ1n) is 3.62. The van der Waals surface area contributed by atoms with Crippen LogP contribution >= 0.6 is 0 Å². The molecule has 14 heavy (non-hydrogen) atoms. The maximum absolute atomic E-state index is 10.6. The molecule has 0 bridgehead atoms. The SMILES string of the molecule is CC(=O)N=c1ccc([N+](=O)[O-])cn1O. The van der Waals surface area contributed by atoms with Crippen molar-refractivity contribution in [3.63, 3.8) is 0 Å². The topological polar surface area (TPSA) is 97.7 Å². The van der Waals surface area contributed by atoms with Gasteiger partial charge in [0, 0.05) is 13.0 Å². The molecule has 0 aliphatic rings. The molecule has 7 heteroatoms. The van der Waals surface area contributed by atoms with Crippen LogP contribution in [0.3, 0.4) is 0 Å². The van der Waals surface area contributed by atoms with Crippen molar-refractivity contribution in [1.29, 1.82) is 0 Å². The Bertz CT molecular complexity index is 448. The second-order valence-electron chi connectivity index (χ2n) is 2.48. The van der Waals surface area contributed by atoms with Gasteiger partial charge in [-0.15, -0.1) is 0 Å². The van der Waals surface area contributed by atoms with Crippen molar-refractivity contribution in [2.45, 2.75) is 6.92 Å². The number of carbonyl (C=O) groups is 1. The quantitative estimate of drug-likeness (QED) is 0.391. The minimum absolute atomic E-state index is 0.0527. The number of pyridine rings is 1. The number of amides is 1. The zero-order valence-corrected chi connectivity index (χ0v) is 7.25. The second-order valence-corrected chi connectivity index (χ2v) is 2.48. The van der Waals surface area contributed by atoms with Gasteiger partial charge in [0.2, 0.25) is 5.91 Å². The fraction of sp³-hybridized carbons (Fsp3) is 0.143. The molecule has 0 saturated carbocycles. The van der Waals surface area contributed by atoms with Gasteiger partial charge in [0.15, 0.2) is 5.49 Å². The van der Waals surface area contributed by atoms with E-state index in [2.05, 4.69) is 4.99 Å². The van der Waals surface area contributed by atoms with Gasteiger partial charge < -0.3 is 5.21 Å².